The van der Waals surface area contributed by atoms with Gasteiger partial charge in [0.25, 0.3) is 0 Å². The minimum Gasteiger partial charge on any atom is -0.295 e. The Kier molecular flexibility index (Phi) is 2.67. The molecule has 0 bridgehead atoms. The summed E-state index contributed by atoms with van der Waals surface area (Å²) in [5, 5.41) is 2.46. The molecule has 1 N–H and O–H groups in total. The molecule has 18 heavy (non-hydrogen) atoms. The van der Waals surface area contributed by atoms with Crippen LogP contribution >= 0.6 is 0 Å². The van der Waals surface area contributed by atoms with Crippen LogP contribution in [-0.2, 0) is 22.7 Å². The maximum atomic E-state index is 11.9. The number of amides is 2. The maximum Gasteiger partial charge on any atom is 0.243 e. The number of rotatable bonds is 1. The molecule has 0 radical (unpaired) electrons. The van der Waals surface area contributed by atoms with Gasteiger partial charge in [-0.25, -0.2) is 0 Å². The molecule has 94 valence electrons. The second-order valence-electron chi connectivity index (χ2n) is 5.18. The molecule has 2 aliphatic heterocycles. The molecule has 3 rings (SSSR count). The van der Waals surface area contributed by atoms with Crippen molar-refractivity contribution in [3.05, 3.63) is 35.4 Å². The first-order chi connectivity index (χ1) is 8.65. The molecule has 1 aromatic carbocycles. The number of nitrogens with zero attached hydrogens (tertiary/aromatic N) is 1. The zero-order valence-corrected chi connectivity index (χ0v) is 10.3. The highest BCUT2D eigenvalue weighted by Crippen LogP contribution is 2.28. The average molecular weight is 244 g/mol. The number of hydrogen-bond donors (Lipinski definition) is 1. The van der Waals surface area contributed by atoms with Gasteiger partial charge in [0.15, 0.2) is 0 Å². The van der Waals surface area contributed by atoms with E-state index < -0.39 is 0 Å². The summed E-state index contributed by atoms with van der Waals surface area (Å²) in [6.07, 6.45) is 0.624. The summed E-state index contributed by atoms with van der Waals surface area (Å²) in [6, 6.07) is 8.07. The molecule has 1 saturated heterocycles. The number of piperidine rings is 1. The zero-order chi connectivity index (χ0) is 12.7. The van der Waals surface area contributed by atoms with Gasteiger partial charge in [0.1, 0.15) is 0 Å². The standard InChI is InChI=1S/C14H16N2O2/c1-9-6-12(14(18)15-13(9)17)16-7-10-4-2-3-5-11(10)8-16/h2-5,9,12H,6-8H2,1H3,(H,15,17,18). The van der Waals surface area contributed by atoms with E-state index in [9.17, 15) is 9.59 Å². The van der Waals surface area contributed by atoms with Gasteiger partial charge in [0.05, 0.1) is 6.04 Å². The first-order valence-electron chi connectivity index (χ1n) is 6.30. The first-order valence-corrected chi connectivity index (χ1v) is 6.30. The summed E-state index contributed by atoms with van der Waals surface area (Å²) in [7, 11) is 0. The van der Waals surface area contributed by atoms with Crippen molar-refractivity contribution >= 4 is 11.8 Å². The van der Waals surface area contributed by atoms with E-state index in [1.807, 2.05) is 19.1 Å². The summed E-state index contributed by atoms with van der Waals surface area (Å²) in [5.74, 6) is -0.379. The van der Waals surface area contributed by atoms with Crippen LogP contribution in [0.2, 0.25) is 0 Å². The third-order valence-corrected chi connectivity index (χ3v) is 3.88. The Labute approximate surface area is 106 Å². The number of imide groups is 1. The largest absolute Gasteiger partial charge is 0.295 e. The van der Waals surface area contributed by atoms with E-state index in [0.717, 1.165) is 13.1 Å². The van der Waals surface area contributed by atoms with Gasteiger partial charge in [-0.15, -0.1) is 0 Å². The lowest BCUT2D eigenvalue weighted by atomic mass is 9.95. The van der Waals surface area contributed by atoms with E-state index in [-0.39, 0.29) is 23.8 Å². The highest BCUT2D eigenvalue weighted by Gasteiger charge is 2.37. The predicted molar refractivity (Wildman–Crippen MR) is 66.4 cm³/mol. The Morgan fingerprint density at radius 2 is 1.72 bits per heavy atom. The smallest absolute Gasteiger partial charge is 0.243 e. The van der Waals surface area contributed by atoms with E-state index in [1.54, 1.807) is 0 Å². The van der Waals surface area contributed by atoms with Crippen LogP contribution in [0.4, 0.5) is 0 Å². The summed E-state index contributed by atoms with van der Waals surface area (Å²) < 4.78 is 0. The Hall–Kier alpha value is -1.68. The van der Waals surface area contributed by atoms with Gasteiger partial charge in [-0.3, -0.25) is 19.8 Å². The first kappa shape index (κ1) is 11.4. The molecule has 0 aliphatic carbocycles. The average Bonchev–Trinajstić information content (AvgIpc) is 2.77. The Bertz CT molecular complexity index is 487. The Morgan fingerprint density at radius 1 is 1.11 bits per heavy atom. The van der Waals surface area contributed by atoms with Crippen LogP contribution in [0.15, 0.2) is 24.3 Å². The Balaban J connectivity index is 1.78. The lowest BCUT2D eigenvalue weighted by Crippen LogP contribution is -2.53. The molecule has 0 spiro atoms. The molecule has 1 fully saturated rings. The van der Waals surface area contributed by atoms with E-state index in [4.69, 9.17) is 0 Å². The third-order valence-electron chi connectivity index (χ3n) is 3.88. The van der Waals surface area contributed by atoms with Crippen molar-refractivity contribution in [3.8, 4) is 0 Å². The maximum absolute atomic E-state index is 11.9. The molecule has 2 atom stereocenters. The van der Waals surface area contributed by atoms with Gasteiger partial charge in [-0.1, -0.05) is 31.2 Å². The third kappa shape index (κ3) is 1.82. The summed E-state index contributed by atoms with van der Waals surface area (Å²) in [5.41, 5.74) is 2.57. The fourth-order valence-electron chi connectivity index (χ4n) is 2.77. The number of hydrogen-bond acceptors (Lipinski definition) is 3. The molecular formula is C14H16N2O2. The molecule has 2 amide bonds. The summed E-state index contributed by atoms with van der Waals surface area (Å²) >= 11 is 0. The molecule has 0 saturated carbocycles. The van der Waals surface area contributed by atoms with Crippen LogP contribution in [0.25, 0.3) is 0 Å². The number of carbonyl (C=O) groups is 2. The lowest BCUT2D eigenvalue weighted by molar-refractivity contribution is -0.140. The fourth-order valence-corrected chi connectivity index (χ4v) is 2.77. The van der Waals surface area contributed by atoms with Crippen LogP contribution in [0.1, 0.15) is 24.5 Å². The Morgan fingerprint density at radius 3 is 2.33 bits per heavy atom. The normalized spacial score (nSPS) is 28.1. The number of nitrogens with one attached hydrogen (secondary N) is 1. The van der Waals surface area contributed by atoms with Gasteiger partial charge in [-0.05, 0) is 17.5 Å². The summed E-state index contributed by atoms with van der Waals surface area (Å²) in [6.45, 7) is 3.47. The molecule has 1 aromatic rings. The van der Waals surface area contributed by atoms with Crippen LogP contribution in [-0.4, -0.2) is 22.8 Å². The quantitative estimate of drug-likeness (QED) is 0.751. The van der Waals surface area contributed by atoms with Crippen LogP contribution in [0.3, 0.4) is 0 Å². The number of carbonyl (C=O) groups excluding carboxylic acids is 2. The van der Waals surface area contributed by atoms with Gasteiger partial charge in [0.2, 0.25) is 11.8 Å². The van der Waals surface area contributed by atoms with Gasteiger partial charge < -0.3 is 0 Å². The van der Waals surface area contributed by atoms with Crippen LogP contribution in [0, 0.1) is 5.92 Å². The second kappa shape index (κ2) is 4.21. The number of benzene rings is 1. The SMILES string of the molecule is CC1CC(N2Cc3ccccc3C2)C(=O)NC1=O. The van der Waals surface area contributed by atoms with Crippen molar-refractivity contribution in [2.24, 2.45) is 5.92 Å². The fraction of sp³-hybridized carbons (Fsp3) is 0.429. The minimum atomic E-state index is -0.176. The van der Waals surface area contributed by atoms with Crippen molar-refractivity contribution in [1.82, 2.24) is 10.2 Å². The molecule has 2 unspecified atom stereocenters. The highest BCUT2D eigenvalue weighted by molar-refractivity contribution is 6.01. The monoisotopic (exact) mass is 244 g/mol. The van der Waals surface area contributed by atoms with Gasteiger partial charge in [-0.2, -0.15) is 0 Å². The van der Waals surface area contributed by atoms with Crippen molar-refractivity contribution in [2.75, 3.05) is 0 Å². The van der Waals surface area contributed by atoms with E-state index in [0.29, 0.717) is 6.42 Å². The van der Waals surface area contributed by atoms with E-state index >= 15 is 0 Å². The van der Waals surface area contributed by atoms with Crippen molar-refractivity contribution < 1.29 is 9.59 Å². The highest BCUT2D eigenvalue weighted by atomic mass is 16.2. The predicted octanol–water partition coefficient (Wildman–Crippen LogP) is 1.05. The lowest BCUT2D eigenvalue weighted by Gasteiger charge is -2.32. The van der Waals surface area contributed by atoms with E-state index in [1.165, 1.54) is 11.1 Å². The van der Waals surface area contributed by atoms with Crippen LogP contribution < -0.4 is 5.32 Å². The molecule has 4 nitrogen and oxygen atoms in total. The van der Waals surface area contributed by atoms with Crippen LogP contribution in [0.5, 0.6) is 0 Å². The molecular weight excluding hydrogens is 228 g/mol. The summed E-state index contributed by atoms with van der Waals surface area (Å²) in [4.78, 5) is 25.5. The van der Waals surface area contributed by atoms with Gasteiger partial charge >= 0.3 is 0 Å². The minimum absolute atomic E-state index is 0.0867. The van der Waals surface area contributed by atoms with Crippen molar-refractivity contribution in [1.29, 1.82) is 0 Å². The van der Waals surface area contributed by atoms with Crippen molar-refractivity contribution in [2.45, 2.75) is 32.5 Å². The van der Waals surface area contributed by atoms with Gasteiger partial charge in [0, 0.05) is 19.0 Å². The molecule has 2 aliphatic rings. The molecule has 4 heteroatoms. The molecule has 2 heterocycles. The topological polar surface area (TPSA) is 49.4 Å². The zero-order valence-electron chi connectivity index (χ0n) is 10.3. The number of fused-ring (bicyclic) bond motifs is 1. The van der Waals surface area contributed by atoms with Crippen molar-refractivity contribution in [3.63, 3.8) is 0 Å². The van der Waals surface area contributed by atoms with E-state index in [2.05, 4.69) is 22.3 Å². The molecule has 0 aromatic heterocycles. The second-order valence-corrected chi connectivity index (χ2v) is 5.18.